The molecule has 0 bridgehead atoms. The Hall–Kier alpha value is -3.45. The van der Waals surface area contributed by atoms with Gasteiger partial charge < -0.3 is 23.4 Å². The normalized spacial score (nSPS) is 12.4. The predicted molar refractivity (Wildman–Crippen MR) is 176 cm³/mol. The Balaban J connectivity index is 0.000000190. The van der Waals surface area contributed by atoms with Crippen molar-refractivity contribution >= 4 is 57.3 Å². The van der Waals surface area contributed by atoms with Gasteiger partial charge in [0.1, 0.15) is 16.9 Å². The highest BCUT2D eigenvalue weighted by Gasteiger charge is 2.21. The molecule has 0 radical (unpaired) electrons. The molecule has 3 heterocycles. The van der Waals surface area contributed by atoms with Gasteiger partial charge in [-0.05, 0) is 81.4 Å². The maximum atomic E-state index is 11.2. The zero-order chi connectivity index (χ0) is 29.1. The van der Waals surface area contributed by atoms with Crippen molar-refractivity contribution < 1.29 is 13.6 Å². The molecule has 0 unspecified atom stereocenters. The van der Waals surface area contributed by atoms with Crippen molar-refractivity contribution in [2.75, 3.05) is 39.2 Å². The zero-order valence-electron chi connectivity index (χ0n) is 24.8. The van der Waals surface area contributed by atoms with Crippen LogP contribution in [0.15, 0.2) is 80.4 Å². The summed E-state index contributed by atoms with van der Waals surface area (Å²) in [6.45, 7) is 6.19. The first-order valence-corrected chi connectivity index (χ1v) is 14.5. The Morgan fingerprint density at radius 1 is 0.929 bits per heavy atom. The minimum atomic E-state index is -0.366. The number of para-hydroxylation sites is 1. The lowest BCUT2D eigenvalue weighted by Crippen LogP contribution is -2.24. The Labute approximate surface area is 258 Å². The van der Waals surface area contributed by atoms with E-state index in [0.717, 1.165) is 59.7 Å². The lowest BCUT2D eigenvalue weighted by atomic mass is 10.0. The van der Waals surface area contributed by atoms with Crippen LogP contribution in [0.2, 0.25) is 5.02 Å². The molecule has 0 N–H and O–H groups in total. The Morgan fingerprint density at radius 2 is 1.67 bits per heavy atom. The standard InChI is InChI=1S/C19H23ClN2.C15H14O4.ClH/c1-21(2)12-5-13-22-18-7-4-3-6-15(18)8-9-16-10-11-17(20)14-19(16)22;1-8(2)14-15(17-3)10-6-9-4-5-13(16)18-11(9)7-12(10)19-14;/h3-4,6-7,10-11,14H,5,8-9,12-13H2,1-2H3;4-8H,1-3H3;1H. The molecule has 6 nitrogen and oxygen atoms in total. The van der Waals surface area contributed by atoms with Crippen LogP contribution >= 0.6 is 24.0 Å². The third-order valence-electron chi connectivity index (χ3n) is 7.41. The summed E-state index contributed by atoms with van der Waals surface area (Å²) < 4.78 is 16.4. The van der Waals surface area contributed by atoms with E-state index in [1.165, 1.54) is 28.6 Å². The molecule has 0 aliphatic carbocycles. The summed E-state index contributed by atoms with van der Waals surface area (Å²) in [5.74, 6) is 1.77. The first kappa shape index (κ1) is 31.5. The molecule has 8 heteroatoms. The van der Waals surface area contributed by atoms with Crippen LogP contribution in [0.5, 0.6) is 5.75 Å². The van der Waals surface area contributed by atoms with Gasteiger partial charge >= 0.3 is 5.63 Å². The molecule has 0 atom stereocenters. The van der Waals surface area contributed by atoms with E-state index >= 15 is 0 Å². The fourth-order valence-electron chi connectivity index (χ4n) is 5.42. The highest BCUT2D eigenvalue weighted by atomic mass is 35.5. The number of nitrogens with zero attached hydrogens (tertiary/aromatic N) is 2. The number of hydrogen-bond acceptors (Lipinski definition) is 6. The lowest BCUT2D eigenvalue weighted by Gasteiger charge is -2.27. The van der Waals surface area contributed by atoms with E-state index in [9.17, 15) is 4.79 Å². The first-order valence-electron chi connectivity index (χ1n) is 14.1. The van der Waals surface area contributed by atoms with Crippen LogP contribution in [-0.2, 0) is 12.8 Å². The summed E-state index contributed by atoms with van der Waals surface area (Å²) in [6, 6.07) is 21.9. The van der Waals surface area contributed by atoms with Crippen molar-refractivity contribution in [1.29, 1.82) is 0 Å². The third kappa shape index (κ3) is 6.78. The van der Waals surface area contributed by atoms with E-state index in [4.69, 9.17) is 25.2 Å². The topological polar surface area (TPSA) is 59.1 Å². The van der Waals surface area contributed by atoms with E-state index in [1.54, 1.807) is 19.2 Å². The van der Waals surface area contributed by atoms with Gasteiger partial charge in [0.2, 0.25) is 0 Å². The molecule has 0 saturated heterocycles. The smallest absolute Gasteiger partial charge is 0.336 e. The molecule has 0 fully saturated rings. The molecular formula is C34H38Cl2N2O4. The number of anilines is 2. The average molecular weight is 610 g/mol. The second-order valence-electron chi connectivity index (χ2n) is 11.0. The molecule has 6 rings (SSSR count). The van der Waals surface area contributed by atoms with E-state index in [-0.39, 0.29) is 24.0 Å². The molecule has 1 aliphatic heterocycles. The zero-order valence-corrected chi connectivity index (χ0v) is 26.3. The van der Waals surface area contributed by atoms with Gasteiger partial charge in [-0.1, -0.05) is 49.7 Å². The van der Waals surface area contributed by atoms with Crippen molar-refractivity contribution in [2.24, 2.45) is 0 Å². The Kier molecular flexibility index (Phi) is 10.3. The van der Waals surface area contributed by atoms with E-state index < -0.39 is 0 Å². The molecule has 3 aromatic carbocycles. The molecule has 42 heavy (non-hydrogen) atoms. The number of halogens is 2. The minimum Gasteiger partial charge on any atom is -0.492 e. The van der Waals surface area contributed by atoms with Crippen LogP contribution < -0.4 is 15.3 Å². The van der Waals surface area contributed by atoms with Crippen LogP contribution in [0.25, 0.3) is 21.9 Å². The summed E-state index contributed by atoms with van der Waals surface area (Å²) >= 11 is 6.27. The van der Waals surface area contributed by atoms with Crippen molar-refractivity contribution in [3.8, 4) is 5.75 Å². The van der Waals surface area contributed by atoms with Crippen LogP contribution in [0.4, 0.5) is 11.4 Å². The molecule has 0 spiro atoms. The fraction of sp³-hybridized carbons (Fsp3) is 0.324. The van der Waals surface area contributed by atoms with Gasteiger partial charge in [-0.15, -0.1) is 12.4 Å². The van der Waals surface area contributed by atoms with Crippen LogP contribution in [-0.4, -0.2) is 39.2 Å². The van der Waals surface area contributed by atoms with E-state index in [2.05, 4.69) is 60.3 Å². The summed E-state index contributed by atoms with van der Waals surface area (Å²) in [5, 5.41) is 2.56. The van der Waals surface area contributed by atoms with Crippen LogP contribution in [0.1, 0.15) is 43.1 Å². The first-order chi connectivity index (χ1) is 19.7. The molecule has 0 saturated carbocycles. The molecule has 5 aromatic rings. The maximum Gasteiger partial charge on any atom is 0.336 e. The van der Waals surface area contributed by atoms with Crippen molar-refractivity contribution in [1.82, 2.24) is 4.90 Å². The van der Waals surface area contributed by atoms with E-state index in [1.807, 2.05) is 26.0 Å². The number of fused-ring (bicyclic) bond motifs is 4. The predicted octanol–water partition coefficient (Wildman–Crippen LogP) is 8.62. The quantitative estimate of drug-likeness (QED) is 0.180. The number of benzene rings is 3. The maximum absolute atomic E-state index is 11.2. The SMILES string of the molecule is CN(C)CCCN1c2ccccc2CCc2ccc(Cl)cc21.COc1c(C(C)C)oc2cc3oc(=O)ccc3cc12.Cl. The molecule has 2 aromatic heterocycles. The highest BCUT2D eigenvalue weighted by Crippen LogP contribution is 2.39. The fourth-order valence-corrected chi connectivity index (χ4v) is 5.58. The van der Waals surface area contributed by atoms with Gasteiger partial charge in [0, 0.05) is 46.4 Å². The van der Waals surface area contributed by atoms with Gasteiger partial charge in [0.05, 0.1) is 12.5 Å². The monoisotopic (exact) mass is 608 g/mol. The molecule has 0 amide bonds. The number of aryl methyl sites for hydroxylation is 2. The van der Waals surface area contributed by atoms with Gasteiger partial charge in [-0.3, -0.25) is 0 Å². The highest BCUT2D eigenvalue weighted by molar-refractivity contribution is 6.30. The summed E-state index contributed by atoms with van der Waals surface area (Å²) in [4.78, 5) is 15.9. The molecule has 222 valence electrons. The number of ether oxygens (including phenoxy) is 1. The van der Waals surface area contributed by atoms with Crippen molar-refractivity contribution in [2.45, 2.75) is 39.0 Å². The van der Waals surface area contributed by atoms with Crippen molar-refractivity contribution in [3.63, 3.8) is 0 Å². The Morgan fingerprint density at radius 3 is 2.38 bits per heavy atom. The van der Waals surface area contributed by atoms with E-state index in [0.29, 0.717) is 11.2 Å². The number of furan rings is 1. The second kappa shape index (κ2) is 13.7. The van der Waals surface area contributed by atoms with Crippen LogP contribution in [0, 0.1) is 0 Å². The van der Waals surface area contributed by atoms with Gasteiger partial charge in [0.25, 0.3) is 0 Å². The Bertz CT molecular complexity index is 1720. The largest absolute Gasteiger partial charge is 0.492 e. The molecular weight excluding hydrogens is 571 g/mol. The summed E-state index contributed by atoms with van der Waals surface area (Å²) in [6.07, 6.45) is 3.30. The third-order valence-corrected chi connectivity index (χ3v) is 7.64. The number of hydrogen-bond donors (Lipinski definition) is 0. The number of rotatable bonds is 6. The molecule has 1 aliphatic rings. The minimum absolute atomic E-state index is 0. The van der Waals surface area contributed by atoms with Crippen LogP contribution in [0.3, 0.4) is 0 Å². The summed E-state index contributed by atoms with van der Waals surface area (Å²) in [7, 11) is 5.88. The lowest BCUT2D eigenvalue weighted by molar-refractivity contribution is 0.390. The number of methoxy groups -OCH3 is 1. The second-order valence-corrected chi connectivity index (χ2v) is 11.4. The average Bonchev–Trinajstić information content (AvgIpc) is 3.24. The van der Waals surface area contributed by atoms with Crippen molar-refractivity contribution in [3.05, 3.63) is 99.1 Å². The van der Waals surface area contributed by atoms with Gasteiger partial charge in [-0.2, -0.15) is 0 Å². The van der Waals surface area contributed by atoms with Gasteiger partial charge in [0.15, 0.2) is 5.75 Å². The summed E-state index contributed by atoms with van der Waals surface area (Å²) in [5.41, 5.74) is 6.26. The van der Waals surface area contributed by atoms with Gasteiger partial charge in [-0.25, -0.2) is 4.79 Å².